The van der Waals surface area contributed by atoms with E-state index in [0.29, 0.717) is 0 Å². The van der Waals surface area contributed by atoms with Crippen molar-refractivity contribution in [2.24, 2.45) is 0 Å². The first kappa shape index (κ1) is 21.9. The second-order valence-electron chi connectivity index (χ2n) is 8.02. The van der Waals surface area contributed by atoms with Crippen LogP contribution in [0.1, 0.15) is 41.0 Å². The maximum Gasteiger partial charge on any atom is 0.412 e. The number of halogens is 3. The zero-order chi connectivity index (χ0) is 22.6. The fourth-order valence-electron chi connectivity index (χ4n) is 4.10. The van der Waals surface area contributed by atoms with Gasteiger partial charge in [-0.1, -0.05) is 12.1 Å². The SMILES string of the molecule is CO[C@@H]1[C@H]2OC(C)(C)O[C@H]2O[C@@H]1/C=C(\CCN1C(=O)c2ccccc2C1=O)C(F)(F)F. The lowest BCUT2D eigenvalue weighted by molar-refractivity contribution is -0.211. The van der Waals surface area contributed by atoms with Crippen LogP contribution in [-0.2, 0) is 18.9 Å². The highest BCUT2D eigenvalue weighted by Gasteiger charge is 2.55. The molecule has 4 rings (SSSR count). The monoisotopic (exact) mass is 441 g/mol. The number of rotatable bonds is 5. The predicted molar refractivity (Wildman–Crippen MR) is 100 cm³/mol. The summed E-state index contributed by atoms with van der Waals surface area (Å²) in [6.45, 7) is 2.94. The van der Waals surface area contributed by atoms with Crippen molar-refractivity contribution in [3.8, 4) is 0 Å². The lowest BCUT2D eigenvalue weighted by atomic mass is 10.0. The number of benzene rings is 1. The van der Waals surface area contributed by atoms with Crippen molar-refractivity contribution in [1.29, 1.82) is 0 Å². The van der Waals surface area contributed by atoms with E-state index in [1.807, 2.05) is 0 Å². The number of nitrogens with zero attached hydrogens (tertiary/aromatic N) is 1. The van der Waals surface area contributed by atoms with Crippen LogP contribution in [0.2, 0.25) is 0 Å². The third kappa shape index (κ3) is 4.00. The zero-order valence-corrected chi connectivity index (χ0v) is 17.1. The highest BCUT2D eigenvalue weighted by atomic mass is 19.4. The first-order chi connectivity index (χ1) is 14.5. The lowest BCUT2D eigenvalue weighted by Gasteiger charge is -2.24. The normalized spacial score (nSPS) is 30.1. The van der Waals surface area contributed by atoms with E-state index in [2.05, 4.69) is 0 Å². The van der Waals surface area contributed by atoms with E-state index in [9.17, 15) is 22.8 Å². The van der Waals surface area contributed by atoms with Crippen molar-refractivity contribution in [1.82, 2.24) is 4.90 Å². The first-order valence-electron chi connectivity index (χ1n) is 9.79. The summed E-state index contributed by atoms with van der Waals surface area (Å²) in [5.41, 5.74) is -0.544. The van der Waals surface area contributed by atoms with Crippen LogP contribution in [0.25, 0.3) is 0 Å². The summed E-state index contributed by atoms with van der Waals surface area (Å²) in [7, 11) is 1.36. The van der Waals surface area contributed by atoms with Crippen LogP contribution < -0.4 is 0 Å². The smallest absolute Gasteiger partial charge is 0.375 e. The molecule has 31 heavy (non-hydrogen) atoms. The fraction of sp³-hybridized carbons (Fsp3) is 0.524. The van der Waals surface area contributed by atoms with E-state index < -0.39 is 66.9 Å². The van der Waals surface area contributed by atoms with E-state index in [1.165, 1.54) is 19.2 Å². The molecule has 0 spiro atoms. The number of ether oxygens (including phenoxy) is 4. The predicted octanol–water partition coefficient (Wildman–Crippen LogP) is 3.05. The third-order valence-electron chi connectivity index (χ3n) is 5.51. The molecule has 1 aromatic rings. The van der Waals surface area contributed by atoms with Crippen molar-refractivity contribution in [2.75, 3.05) is 13.7 Å². The van der Waals surface area contributed by atoms with Gasteiger partial charge in [0.1, 0.15) is 18.3 Å². The fourth-order valence-corrected chi connectivity index (χ4v) is 4.10. The van der Waals surface area contributed by atoms with Crippen LogP contribution in [0.15, 0.2) is 35.9 Å². The van der Waals surface area contributed by atoms with Crippen LogP contribution in [0.4, 0.5) is 13.2 Å². The summed E-state index contributed by atoms with van der Waals surface area (Å²) >= 11 is 0. The molecular weight excluding hydrogens is 419 g/mol. The van der Waals surface area contributed by atoms with E-state index in [-0.39, 0.29) is 11.1 Å². The van der Waals surface area contributed by atoms with E-state index in [1.54, 1.807) is 26.0 Å². The molecular formula is C21H22F3NO6. The highest BCUT2D eigenvalue weighted by molar-refractivity contribution is 6.21. The number of carbonyl (C=O) groups excluding carboxylic acids is 2. The van der Waals surface area contributed by atoms with Crippen LogP contribution >= 0.6 is 0 Å². The number of amides is 2. The maximum atomic E-state index is 13.7. The van der Waals surface area contributed by atoms with E-state index in [0.717, 1.165) is 11.0 Å². The van der Waals surface area contributed by atoms with Gasteiger partial charge in [-0.05, 0) is 38.5 Å². The molecule has 0 N–H and O–H groups in total. The molecule has 4 atom stereocenters. The molecule has 3 aliphatic heterocycles. The maximum absolute atomic E-state index is 13.7. The molecule has 2 fully saturated rings. The van der Waals surface area contributed by atoms with Gasteiger partial charge in [0.05, 0.1) is 11.1 Å². The van der Waals surface area contributed by atoms with Crippen molar-refractivity contribution in [3.63, 3.8) is 0 Å². The molecule has 0 saturated carbocycles. The standard InChI is InChI=1S/C21H22F3NO6/c1-20(2)30-16-15(28-3)14(29-19(16)31-20)10-11(21(22,23)24)8-9-25-17(26)12-6-4-5-7-13(12)18(25)27/h4-7,10,14-16,19H,8-9H2,1-3H3/b11-10+/t14-,15+,16-,19-/m1/s1. The summed E-state index contributed by atoms with van der Waals surface area (Å²) in [6, 6.07) is 6.15. The number of methoxy groups -OCH3 is 1. The van der Waals surface area contributed by atoms with Crippen LogP contribution in [-0.4, -0.2) is 66.9 Å². The number of hydrogen-bond acceptors (Lipinski definition) is 6. The Labute approximate surface area is 176 Å². The Bertz CT molecular complexity index is 893. The molecule has 3 aliphatic rings. The van der Waals surface area contributed by atoms with Crippen LogP contribution in [0, 0.1) is 0 Å². The Morgan fingerprint density at radius 3 is 2.32 bits per heavy atom. The quantitative estimate of drug-likeness (QED) is 0.517. The number of alkyl halides is 3. The Balaban J connectivity index is 1.51. The Morgan fingerprint density at radius 1 is 1.16 bits per heavy atom. The Kier molecular flexibility index (Phi) is 5.45. The van der Waals surface area contributed by atoms with Gasteiger partial charge in [0.15, 0.2) is 12.1 Å². The number of carbonyl (C=O) groups is 2. The van der Waals surface area contributed by atoms with Gasteiger partial charge in [0.25, 0.3) is 11.8 Å². The molecule has 7 nitrogen and oxygen atoms in total. The third-order valence-corrected chi connectivity index (χ3v) is 5.51. The van der Waals surface area contributed by atoms with Gasteiger partial charge in [0, 0.05) is 19.2 Å². The minimum absolute atomic E-state index is 0.188. The van der Waals surface area contributed by atoms with Gasteiger partial charge in [-0.3, -0.25) is 14.5 Å². The molecule has 0 unspecified atom stereocenters. The zero-order valence-electron chi connectivity index (χ0n) is 17.1. The minimum Gasteiger partial charge on any atom is -0.375 e. The number of fused-ring (bicyclic) bond motifs is 2. The minimum atomic E-state index is -4.68. The molecule has 3 heterocycles. The van der Waals surface area contributed by atoms with Gasteiger partial charge in [0.2, 0.25) is 0 Å². The molecule has 2 saturated heterocycles. The lowest BCUT2D eigenvalue weighted by Crippen LogP contribution is -2.36. The molecule has 0 bridgehead atoms. The molecule has 0 aromatic heterocycles. The largest absolute Gasteiger partial charge is 0.412 e. The van der Waals surface area contributed by atoms with Crippen LogP contribution in [0.5, 0.6) is 0 Å². The topological polar surface area (TPSA) is 74.3 Å². The average Bonchev–Trinajstić information content (AvgIpc) is 3.24. The number of imide groups is 1. The van der Waals surface area contributed by atoms with Gasteiger partial charge in [-0.2, -0.15) is 13.2 Å². The average molecular weight is 441 g/mol. The second-order valence-corrected chi connectivity index (χ2v) is 8.02. The van der Waals surface area contributed by atoms with Gasteiger partial charge >= 0.3 is 6.18 Å². The molecule has 1 aromatic carbocycles. The first-order valence-corrected chi connectivity index (χ1v) is 9.79. The van der Waals surface area contributed by atoms with Gasteiger partial charge < -0.3 is 18.9 Å². The summed E-state index contributed by atoms with van der Waals surface area (Å²) < 4.78 is 63.4. The summed E-state index contributed by atoms with van der Waals surface area (Å²) in [5, 5.41) is 0. The van der Waals surface area contributed by atoms with E-state index in [4.69, 9.17) is 18.9 Å². The van der Waals surface area contributed by atoms with E-state index >= 15 is 0 Å². The molecule has 0 aliphatic carbocycles. The molecule has 2 amide bonds. The second kappa shape index (κ2) is 7.70. The molecule has 10 heteroatoms. The van der Waals surface area contributed by atoms with Crippen LogP contribution in [0.3, 0.4) is 0 Å². The molecule has 0 radical (unpaired) electrons. The van der Waals surface area contributed by atoms with Gasteiger partial charge in [-0.25, -0.2) is 0 Å². The molecule has 168 valence electrons. The summed E-state index contributed by atoms with van der Waals surface area (Å²) in [4.78, 5) is 25.7. The van der Waals surface area contributed by atoms with Gasteiger partial charge in [-0.15, -0.1) is 0 Å². The van der Waals surface area contributed by atoms with Crippen molar-refractivity contribution in [3.05, 3.63) is 47.0 Å². The van der Waals surface area contributed by atoms with Crippen molar-refractivity contribution in [2.45, 2.75) is 56.8 Å². The Morgan fingerprint density at radius 2 is 1.77 bits per heavy atom. The highest BCUT2D eigenvalue weighted by Crippen LogP contribution is 2.40. The summed E-state index contributed by atoms with van der Waals surface area (Å²) in [6.07, 6.45) is -7.73. The Hall–Kier alpha value is -2.27. The van der Waals surface area contributed by atoms with Crippen molar-refractivity contribution < 1.29 is 41.7 Å². The number of hydrogen-bond donors (Lipinski definition) is 0. The van der Waals surface area contributed by atoms with Crippen molar-refractivity contribution >= 4 is 11.8 Å². The summed E-state index contributed by atoms with van der Waals surface area (Å²) in [5.74, 6) is -2.14.